The fourth-order valence-corrected chi connectivity index (χ4v) is 3.72. The summed E-state index contributed by atoms with van der Waals surface area (Å²) in [5, 5.41) is 14.4. The Kier molecular flexibility index (Phi) is 6.25. The van der Waals surface area contributed by atoms with Crippen molar-refractivity contribution in [2.45, 2.75) is 55.5 Å². The molecule has 2 nitrogen and oxygen atoms in total. The number of rotatable bonds is 8. The first-order valence-corrected chi connectivity index (χ1v) is 9.09. The van der Waals surface area contributed by atoms with Crippen LogP contribution < -0.4 is 5.32 Å². The molecule has 1 N–H and O–H groups in total. The first-order valence-electron chi connectivity index (χ1n) is 7.35. The molecule has 0 heterocycles. The Morgan fingerprint density at radius 1 is 1.43 bits per heavy atom. The Morgan fingerprint density at radius 2 is 2.19 bits per heavy atom. The highest BCUT2D eigenvalue weighted by atomic mass is 35.5. The third-order valence-electron chi connectivity index (χ3n) is 3.77. The van der Waals surface area contributed by atoms with E-state index in [0.29, 0.717) is 11.1 Å². The molecule has 0 radical (unpaired) electrons. The number of nitrogens with zero attached hydrogens (tertiary/aromatic N) is 1. The molecule has 2 rings (SSSR count). The topological polar surface area (TPSA) is 35.8 Å². The molecule has 0 amide bonds. The van der Waals surface area contributed by atoms with Crippen molar-refractivity contribution in [3.63, 3.8) is 0 Å². The van der Waals surface area contributed by atoms with Gasteiger partial charge in [-0.3, -0.25) is 5.32 Å². The quantitative estimate of drug-likeness (QED) is 0.515. The van der Waals surface area contributed by atoms with E-state index in [1.807, 2.05) is 12.1 Å². The van der Waals surface area contributed by atoms with Crippen LogP contribution in [0.25, 0.3) is 0 Å². The van der Waals surface area contributed by atoms with Gasteiger partial charge in [-0.2, -0.15) is 5.26 Å². The van der Waals surface area contributed by atoms with Crippen molar-refractivity contribution in [2.75, 3.05) is 5.75 Å². The highest BCUT2D eigenvalue weighted by Crippen LogP contribution is 2.32. The normalized spacial score (nSPS) is 17.2. The van der Waals surface area contributed by atoms with Crippen LogP contribution in [0.5, 0.6) is 0 Å². The predicted molar refractivity (Wildman–Crippen MR) is 91.2 cm³/mol. The van der Waals surface area contributed by atoms with E-state index in [0.717, 1.165) is 34.9 Å². The Labute approximate surface area is 141 Å². The minimum atomic E-state index is -0.361. The van der Waals surface area contributed by atoms with E-state index in [4.69, 9.17) is 23.2 Å². The van der Waals surface area contributed by atoms with Crippen molar-refractivity contribution >= 4 is 35.0 Å². The maximum atomic E-state index is 9.49. The molecule has 0 saturated heterocycles. The second-order valence-corrected chi connectivity index (χ2v) is 7.47. The van der Waals surface area contributed by atoms with Crippen molar-refractivity contribution in [1.82, 2.24) is 5.32 Å². The number of nitrogens with one attached hydrogen (secondary N) is 1. The zero-order valence-corrected chi connectivity index (χ0v) is 14.5. The van der Waals surface area contributed by atoms with Crippen LogP contribution in [-0.2, 0) is 0 Å². The summed E-state index contributed by atoms with van der Waals surface area (Å²) in [5.74, 6) is 0.940. The molecule has 0 spiro atoms. The van der Waals surface area contributed by atoms with Crippen LogP contribution in [0.2, 0.25) is 10.0 Å². The van der Waals surface area contributed by atoms with E-state index in [9.17, 15) is 5.26 Å². The first kappa shape index (κ1) is 17.0. The molecule has 1 aromatic rings. The molecule has 0 aliphatic heterocycles. The van der Waals surface area contributed by atoms with Crippen LogP contribution in [0.3, 0.4) is 0 Å². The lowest BCUT2D eigenvalue weighted by molar-refractivity contribution is 0.367. The van der Waals surface area contributed by atoms with E-state index in [1.165, 1.54) is 12.8 Å². The highest BCUT2D eigenvalue weighted by molar-refractivity contribution is 7.99. The van der Waals surface area contributed by atoms with Gasteiger partial charge >= 0.3 is 0 Å². The Morgan fingerprint density at radius 3 is 2.81 bits per heavy atom. The van der Waals surface area contributed by atoms with Crippen LogP contribution in [-0.4, -0.2) is 17.3 Å². The fraction of sp³-hybridized carbons (Fsp3) is 0.562. The minimum absolute atomic E-state index is 0.361. The molecule has 21 heavy (non-hydrogen) atoms. The average Bonchev–Trinajstić information content (AvgIpc) is 3.29. The first-order chi connectivity index (χ1) is 10.1. The standard InChI is InChI=1S/C16H20Cl2N2S/c1-2-16(11-19,20-13-5-6-13)8-3-9-21-15-10-12(17)4-7-14(15)18/h4,7,10,13,20H,2-3,5-6,8-9H2,1H3. The number of hydrogen-bond acceptors (Lipinski definition) is 3. The summed E-state index contributed by atoms with van der Waals surface area (Å²) in [4.78, 5) is 1.01. The van der Waals surface area contributed by atoms with Gasteiger partial charge in [0.25, 0.3) is 0 Å². The minimum Gasteiger partial charge on any atom is -0.297 e. The van der Waals surface area contributed by atoms with Crippen LogP contribution in [0.4, 0.5) is 0 Å². The molecule has 0 aromatic heterocycles. The van der Waals surface area contributed by atoms with Gasteiger partial charge in [-0.1, -0.05) is 30.1 Å². The molecule has 1 atom stereocenters. The van der Waals surface area contributed by atoms with Gasteiger partial charge in [0.2, 0.25) is 0 Å². The van der Waals surface area contributed by atoms with Crippen molar-refractivity contribution < 1.29 is 0 Å². The van der Waals surface area contributed by atoms with Gasteiger partial charge in [-0.15, -0.1) is 11.8 Å². The van der Waals surface area contributed by atoms with Crippen molar-refractivity contribution in [1.29, 1.82) is 5.26 Å². The maximum absolute atomic E-state index is 9.49. The van der Waals surface area contributed by atoms with Crippen LogP contribution >= 0.6 is 35.0 Å². The second kappa shape index (κ2) is 7.74. The highest BCUT2D eigenvalue weighted by Gasteiger charge is 2.34. The molecule has 1 aliphatic carbocycles. The van der Waals surface area contributed by atoms with Gasteiger partial charge < -0.3 is 0 Å². The van der Waals surface area contributed by atoms with E-state index in [1.54, 1.807) is 17.8 Å². The van der Waals surface area contributed by atoms with Gasteiger partial charge in [0.1, 0.15) is 5.54 Å². The number of nitriles is 1. The molecule has 1 aromatic carbocycles. The zero-order valence-electron chi connectivity index (χ0n) is 12.2. The van der Waals surface area contributed by atoms with Gasteiger partial charge in [0.15, 0.2) is 0 Å². The lowest BCUT2D eigenvalue weighted by atomic mass is 9.92. The Balaban J connectivity index is 1.82. The van der Waals surface area contributed by atoms with Crippen molar-refractivity contribution in [2.24, 2.45) is 0 Å². The lowest BCUT2D eigenvalue weighted by Gasteiger charge is -2.26. The average molecular weight is 343 g/mol. The third kappa shape index (κ3) is 5.07. The molecular formula is C16H20Cl2N2S. The Bertz CT molecular complexity index is 525. The van der Waals surface area contributed by atoms with Gasteiger partial charge in [-0.25, -0.2) is 0 Å². The smallest absolute Gasteiger partial charge is 0.106 e. The largest absolute Gasteiger partial charge is 0.297 e. The number of hydrogen-bond donors (Lipinski definition) is 1. The summed E-state index contributed by atoms with van der Waals surface area (Å²) in [6, 6.07) is 8.56. The van der Waals surface area contributed by atoms with Crippen LogP contribution in [0, 0.1) is 11.3 Å². The van der Waals surface area contributed by atoms with Crippen LogP contribution in [0.1, 0.15) is 39.0 Å². The number of benzene rings is 1. The third-order valence-corrected chi connectivity index (χ3v) is 5.59. The van der Waals surface area contributed by atoms with Gasteiger partial charge in [-0.05, 0) is 56.1 Å². The summed E-state index contributed by atoms with van der Waals surface area (Å²) in [5.41, 5.74) is -0.361. The molecule has 1 fully saturated rings. The summed E-state index contributed by atoms with van der Waals surface area (Å²) in [6.45, 7) is 2.08. The lowest BCUT2D eigenvalue weighted by Crippen LogP contribution is -2.44. The van der Waals surface area contributed by atoms with Crippen molar-refractivity contribution in [3.05, 3.63) is 28.2 Å². The molecular weight excluding hydrogens is 323 g/mol. The predicted octanol–water partition coefficient (Wildman–Crippen LogP) is 5.29. The molecule has 5 heteroatoms. The van der Waals surface area contributed by atoms with E-state index in [2.05, 4.69) is 18.3 Å². The van der Waals surface area contributed by atoms with Gasteiger partial charge in [0.05, 0.1) is 11.1 Å². The Hall–Kier alpha value is -0.400. The van der Waals surface area contributed by atoms with E-state index < -0.39 is 0 Å². The summed E-state index contributed by atoms with van der Waals surface area (Å²) in [6.07, 6.45) is 5.12. The zero-order chi connectivity index (χ0) is 15.3. The molecule has 1 aliphatic rings. The summed E-state index contributed by atoms with van der Waals surface area (Å²) < 4.78 is 0. The van der Waals surface area contributed by atoms with Crippen LogP contribution in [0.15, 0.2) is 23.1 Å². The van der Waals surface area contributed by atoms with Gasteiger partial charge in [0, 0.05) is 16.0 Å². The molecule has 0 bridgehead atoms. The summed E-state index contributed by atoms with van der Waals surface area (Å²) >= 11 is 13.8. The molecule has 1 saturated carbocycles. The van der Waals surface area contributed by atoms with Crippen molar-refractivity contribution in [3.8, 4) is 6.07 Å². The fourth-order valence-electron chi connectivity index (χ4n) is 2.28. The number of halogens is 2. The second-order valence-electron chi connectivity index (χ2n) is 5.49. The SMILES string of the molecule is CCC(C#N)(CCCSc1cc(Cl)ccc1Cl)NC1CC1. The molecule has 1 unspecified atom stereocenters. The number of thioether (sulfide) groups is 1. The van der Waals surface area contributed by atoms with E-state index in [-0.39, 0.29) is 5.54 Å². The maximum Gasteiger partial charge on any atom is 0.106 e. The summed E-state index contributed by atoms with van der Waals surface area (Å²) in [7, 11) is 0. The monoisotopic (exact) mass is 342 g/mol. The molecule has 114 valence electrons. The van der Waals surface area contributed by atoms with E-state index >= 15 is 0 Å².